The largest absolute Gasteiger partial charge is 0.390 e. The fourth-order valence-electron chi connectivity index (χ4n) is 2.93. The Hall–Kier alpha value is -3.25. The molecule has 4 N–H and O–H groups in total. The van der Waals surface area contributed by atoms with E-state index < -0.39 is 0 Å². The van der Waals surface area contributed by atoms with E-state index in [1.807, 2.05) is 55.5 Å². The maximum atomic E-state index is 9.58. The molecular weight excluding hydrogens is 374 g/mol. The van der Waals surface area contributed by atoms with Gasteiger partial charge in [0, 0.05) is 30.7 Å². The van der Waals surface area contributed by atoms with E-state index >= 15 is 0 Å². The molecule has 0 unspecified atom stereocenters. The number of nitrogens with two attached hydrogens (primary N) is 1. The predicted molar refractivity (Wildman–Crippen MR) is 127 cm³/mol. The van der Waals surface area contributed by atoms with Gasteiger partial charge in [-0.15, -0.1) is 5.10 Å². The Labute approximate surface area is 179 Å². The number of nitrogens with zero attached hydrogens (tertiary/aromatic N) is 3. The highest BCUT2D eigenvalue weighted by atomic mass is 16.3. The van der Waals surface area contributed by atoms with Crippen molar-refractivity contribution in [3.8, 4) is 11.1 Å². The van der Waals surface area contributed by atoms with E-state index in [9.17, 15) is 5.11 Å². The second kappa shape index (κ2) is 12.3. The molecule has 0 aliphatic heterocycles. The topological polar surface area (TPSA) is 95.4 Å². The van der Waals surface area contributed by atoms with Crippen molar-refractivity contribution in [1.82, 2.24) is 5.32 Å². The molecule has 0 atom stereocenters. The number of benzene rings is 2. The van der Waals surface area contributed by atoms with Gasteiger partial charge in [0.05, 0.1) is 12.3 Å². The summed E-state index contributed by atoms with van der Waals surface area (Å²) in [5, 5.41) is 20.2. The molecule has 0 radical (unpaired) electrons. The molecular formula is C24H31N5O. The van der Waals surface area contributed by atoms with Gasteiger partial charge in [0.2, 0.25) is 0 Å². The zero-order valence-electron chi connectivity index (χ0n) is 17.8. The molecule has 2 aromatic rings. The molecule has 0 spiro atoms. The maximum Gasteiger partial charge on any atom is 0.153 e. The van der Waals surface area contributed by atoms with E-state index in [0.29, 0.717) is 18.1 Å². The average Bonchev–Trinajstić information content (AvgIpc) is 2.78. The van der Waals surface area contributed by atoms with E-state index in [2.05, 4.69) is 34.2 Å². The third-order valence-corrected chi connectivity index (χ3v) is 4.67. The first kappa shape index (κ1) is 23.0. The highest BCUT2D eigenvalue weighted by Crippen LogP contribution is 2.24. The number of aliphatic hydroxyl groups is 1. The maximum absolute atomic E-state index is 9.58. The van der Waals surface area contributed by atoms with Gasteiger partial charge >= 0.3 is 0 Å². The van der Waals surface area contributed by atoms with Crippen molar-refractivity contribution in [2.75, 3.05) is 6.61 Å². The molecule has 0 fully saturated rings. The highest BCUT2D eigenvalue weighted by molar-refractivity contribution is 6.03. The Morgan fingerprint density at radius 2 is 1.90 bits per heavy atom. The summed E-state index contributed by atoms with van der Waals surface area (Å²) in [6, 6.07) is 16.0. The van der Waals surface area contributed by atoms with Crippen molar-refractivity contribution in [2.24, 2.45) is 20.9 Å². The van der Waals surface area contributed by atoms with Crippen molar-refractivity contribution >= 4 is 18.3 Å². The van der Waals surface area contributed by atoms with Gasteiger partial charge in [-0.25, -0.2) is 0 Å². The van der Waals surface area contributed by atoms with Gasteiger partial charge in [-0.2, -0.15) is 5.10 Å². The van der Waals surface area contributed by atoms with E-state index in [1.165, 1.54) is 0 Å². The van der Waals surface area contributed by atoms with Gasteiger partial charge in [-0.1, -0.05) is 61.9 Å². The van der Waals surface area contributed by atoms with Crippen LogP contribution in [0.2, 0.25) is 0 Å². The number of nitrogens with one attached hydrogen (secondary N) is 1. The Kier molecular flexibility index (Phi) is 9.48. The second-order valence-electron chi connectivity index (χ2n) is 7.00. The minimum Gasteiger partial charge on any atom is -0.390 e. The highest BCUT2D eigenvalue weighted by Gasteiger charge is 2.08. The van der Waals surface area contributed by atoms with Crippen LogP contribution in [0.25, 0.3) is 11.1 Å². The van der Waals surface area contributed by atoms with Crippen molar-refractivity contribution in [1.29, 1.82) is 0 Å². The summed E-state index contributed by atoms with van der Waals surface area (Å²) >= 11 is 0. The molecule has 2 rings (SSSR count). The summed E-state index contributed by atoms with van der Waals surface area (Å²) in [6.07, 6.45) is 4.97. The third-order valence-electron chi connectivity index (χ3n) is 4.67. The van der Waals surface area contributed by atoms with E-state index in [0.717, 1.165) is 47.2 Å². The van der Waals surface area contributed by atoms with E-state index in [1.54, 1.807) is 6.20 Å². The summed E-state index contributed by atoms with van der Waals surface area (Å²) in [7, 11) is 0. The smallest absolute Gasteiger partial charge is 0.153 e. The van der Waals surface area contributed by atoms with Crippen molar-refractivity contribution in [2.45, 2.75) is 39.7 Å². The molecule has 0 heterocycles. The molecule has 6 heteroatoms. The molecule has 0 saturated heterocycles. The summed E-state index contributed by atoms with van der Waals surface area (Å²) in [4.78, 5) is 4.44. The molecule has 0 aromatic heterocycles. The van der Waals surface area contributed by atoms with Gasteiger partial charge in [-0.3, -0.25) is 4.99 Å². The number of aliphatic imine (C=N–C) groups is 1. The lowest BCUT2D eigenvalue weighted by atomic mass is 9.98. The number of rotatable bonds is 11. The summed E-state index contributed by atoms with van der Waals surface area (Å²) in [5.41, 5.74) is 11.7. The quantitative estimate of drug-likeness (QED) is 0.296. The van der Waals surface area contributed by atoms with Crippen LogP contribution in [-0.2, 0) is 6.54 Å². The SMILES string of the molecule is C=NN=C(N)c1ccccc1-c1ccc(CN/C(=C\N=C(C)CCCC)CO)cc1. The minimum atomic E-state index is -0.0774. The number of unbranched alkanes of at least 4 members (excludes halogenated alkanes) is 1. The monoisotopic (exact) mass is 405 g/mol. The molecule has 0 amide bonds. The molecule has 158 valence electrons. The average molecular weight is 406 g/mol. The fourth-order valence-corrected chi connectivity index (χ4v) is 2.93. The third kappa shape index (κ3) is 6.97. The Bertz CT molecular complexity index is 913. The zero-order valence-corrected chi connectivity index (χ0v) is 17.8. The van der Waals surface area contributed by atoms with Crippen molar-refractivity contribution in [3.63, 3.8) is 0 Å². The van der Waals surface area contributed by atoms with Crippen LogP contribution in [0.15, 0.2) is 75.6 Å². The lowest BCUT2D eigenvalue weighted by Gasteiger charge is -2.11. The van der Waals surface area contributed by atoms with Gasteiger partial charge in [0.1, 0.15) is 0 Å². The van der Waals surface area contributed by atoms with Crippen LogP contribution >= 0.6 is 0 Å². The van der Waals surface area contributed by atoms with Gasteiger partial charge in [-0.05, 0) is 36.5 Å². The normalized spacial score (nSPS) is 12.7. The van der Waals surface area contributed by atoms with Crippen LogP contribution in [0.3, 0.4) is 0 Å². The van der Waals surface area contributed by atoms with Crippen LogP contribution in [0, 0.1) is 0 Å². The molecule has 0 bridgehead atoms. The predicted octanol–water partition coefficient (Wildman–Crippen LogP) is 4.25. The zero-order chi connectivity index (χ0) is 21.8. The lowest BCUT2D eigenvalue weighted by molar-refractivity contribution is 0.320. The van der Waals surface area contributed by atoms with Crippen LogP contribution in [0.5, 0.6) is 0 Å². The number of aliphatic hydroxyl groups excluding tert-OH is 1. The van der Waals surface area contributed by atoms with Crippen LogP contribution in [0.4, 0.5) is 0 Å². The van der Waals surface area contributed by atoms with E-state index in [-0.39, 0.29) is 6.61 Å². The van der Waals surface area contributed by atoms with Crippen molar-refractivity contribution < 1.29 is 5.11 Å². The number of hydrogen-bond donors (Lipinski definition) is 3. The Balaban J connectivity index is 2.08. The molecule has 0 aliphatic rings. The molecule has 2 aromatic carbocycles. The first-order valence-electron chi connectivity index (χ1n) is 10.1. The van der Waals surface area contributed by atoms with Gasteiger partial charge in [0.15, 0.2) is 5.84 Å². The molecule has 0 aliphatic carbocycles. The molecule has 30 heavy (non-hydrogen) atoms. The number of amidine groups is 1. The van der Waals surface area contributed by atoms with Gasteiger partial charge in [0.25, 0.3) is 0 Å². The summed E-state index contributed by atoms with van der Waals surface area (Å²) in [6.45, 7) is 8.06. The summed E-state index contributed by atoms with van der Waals surface area (Å²) < 4.78 is 0. The standard InChI is InChI=1S/C24H31N5O/c1-4-5-8-18(2)27-16-21(17-30)28-15-19-11-13-20(14-12-19)22-9-6-7-10-23(22)24(25)29-26-3/h6-7,9-14,16,28,30H,3-5,8,15,17H2,1-2H3,(H2,25,29)/b21-16-,27-18?. The first-order chi connectivity index (χ1) is 14.6. The van der Waals surface area contributed by atoms with E-state index in [4.69, 9.17) is 5.73 Å². The second-order valence-corrected chi connectivity index (χ2v) is 7.00. The Morgan fingerprint density at radius 1 is 1.17 bits per heavy atom. The Morgan fingerprint density at radius 3 is 2.57 bits per heavy atom. The van der Waals surface area contributed by atoms with Crippen LogP contribution in [0.1, 0.15) is 44.2 Å². The first-order valence-corrected chi connectivity index (χ1v) is 10.1. The minimum absolute atomic E-state index is 0.0774. The van der Waals surface area contributed by atoms with Crippen LogP contribution in [-0.4, -0.2) is 30.0 Å². The lowest BCUT2D eigenvalue weighted by Crippen LogP contribution is -2.15. The molecule has 0 saturated carbocycles. The van der Waals surface area contributed by atoms with Crippen molar-refractivity contribution in [3.05, 3.63) is 71.6 Å². The van der Waals surface area contributed by atoms with Gasteiger partial charge < -0.3 is 16.2 Å². The number of hydrogen-bond acceptors (Lipinski definition) is 5. The fraction of sp³-hybridized carbons (Fsp3) is 0.292. The van der Waals surface area contributed by atoms with Crippen LogP contribution < -0.4 is 11.1 Å². The molecule has 6 nitrogen and oxygen atoms in total. The summed E-state index contributed by atoms with van der Waals surface area (Å²) in [5.74, 6) is 0.332.